The molecule has 14 heteroatoms. The van der Waals surface area contributed by atoms with Gasteiger partial charge in [-0.1, -0.05) is 0 Å². The van der Waals surface area contributed by atoms with Crippen LogP contribution >= 0.6 is 0 Å². The van der Waals surface area contributed by atoms with E-state index in [0.717, 1.165) is 18.2 Å². The maximum Gasteiger partial charge on any atom is 0.402 e. The molecule has 14 nitrogen and oxygen atoms in total. The van der Waals surface area contributed by atoms with E-state index in [1.54, 1.807) is 0 Å². The number of fused-ring (bicyclic) bond motifs is 1. The van der Waals surface area contributed by atoms with Crippen molar-refractivity contribution in [2.75, 3.05) is 6.61 Å². The molecule has 38 heavy (non-hydrogen) atoms. The first-order chi connectivity index (χ1) is 17.9. The number of aromatic hydroxyl groups is 4. The Labute approximate surface area is 212 Å². The first kappa shape index (κ1) is 26.7. The molecule has 1 aromatic heterocycles. The highest BCUT2D eigenvalue weighted by Gasteiger charge is 2.46. The smallest absolute Gasteiger partial charge is 0.402 e. The van der Waals surface area contributed by atoms with E-state index >= 15 is 0 Å². The highest BCUT2D eigenvalue weighted by atomic mass is 16.7. The second kappa shape index (κ2) is 10.5. The average Bonchev–Trinajstić information content (AvgIpc) is 2.84. The fraction of sp³-hybridized carbons (Fsp3) is 0.292. The number of rotatable bonds is 7. The molecule has 2 heterocycles. The molecule has 2 aromatic carbocycles. The number of aliphatic hydroxyl groups is 3. The van der Waals surface area contributed by atoms with E-state index < -0.39 is 72.9 Å². The first-order valence-electron chi connectivity index (χ1n) is 11.0. The maximum absolute atomic E-state index is 11.6. The van der Waals surface area contributed by atoms with Crippen LogP contribution in [0.5, 0.6) is 28.7 Å². The Morgan fingerprint density at radius 2 is 1.63 bits per heavy atom. The molecule has 0 spiro atoms. The number of phenols is 4. The van der Waals surface area contributed by atoms with Gasteiger partial charge in [-0.15, -0.1) is 0 Å². The van der Waals surface area contributed by atoms with Gasteiger partial charge in [-0.2, -0.15) is 0 Å². The molecule has 0 unspecified atom stereocenters. The zero-order chi connectivity index (χ0) is 27.7. The number of hydrogen-bond donors (Lipinski definition) is 8. The Morgan fingerprint density at radius 1 is 0.895 bits per heavy atom. The highest BCUT2D eigenvalue weighted by Crippen LogP contribution is 2.42. The van der Waals surface area contributed by atoms with E-state index in [4.69, 9.17) is 23.7 Å². The van der Waals surface area contributed by atoms with Crippen molar-refractivity contribution in [2.24, 2.45) is 0 Å². The molecule has 202 valence electrons. The third-order valence-electron chi connectivity index (χ3n) is 5.67. The van der Waals surface area contributed by atoms with E-state index in [-0.39, 0.29) is 33.8 Å². The third kappa shape index (κ3) is 5.47. The Hall–Kier alpha value is -4.37. The molecule has 0 radical (unpaired) electrons. The number of esters is 1. The van der Waals surface area contributed by atoms with Gasteiger partial charge in [0.2, 0.25) is 12.0 Å². The number of phenolic OH excluding ortho intramolecular Hbond substituents is 4. The van der Waals surface area contributed by atoms with Crippen molar-refractivity contribution in [1.82, 2.24) is 0 Å². The largest absolute Gasteiger partial charge is 0.507 e. The number of carboxylic acid groups (broad SMARTS) is 1. The van der Waals surface area contributed by atoms with Crippen molar-refractivity contribution in [1.29, 1.82) is 0 Å². The number of hydrogen-bond acceptors (Lipinski definition) is 12. The molecule has 1 saturated heterocycles. The quantitative estimate of drug-likeness (QED) is 0.0885. The van der Waals surface area contributed by atoms with Crippen LogP contribution in [0.4, 0.5) is 0 Å². The van der Waals surface area contributed by atoms with Crippen molar-refractivity contribution in [3.63, 3.8) is 0 Å². The van der Waals surface area contributed by atoms with Crippen LogP contribution in [0, 0.1) is 0 Å². The van der Waals surface area contributed by atoms with Crippen molar-refractivity contribution < 1.29 is 69.1 Å². The lowest BCUT2D eigenvalue weighted by Gasteiger charge is -2.39. The molecule has 1 fully saturated rings. The second-order valence-electron chi connectivity index (χ2n) is 8.41. The van der Waals surface area contributed by atoms with Crippen LogP contribution in [0.3, 0.4) is 0 Å². The zero-order valence-electron chi connectivity index (χ0n) is 19.3. The van der Waals surface area contributed by atoms with Crippen LogP contribution in [0.25, 0.3) is 22.3 Å². The monoisotopic (exact) mass is 535 g/mol. The Balaban J connectivity index is 1.70. The third-order valence-corrected chi connectivity index (χ3v) is 5.67. The summed E-state index contributed by atoms with van der Waals surface area (Å²) in [6.07, 6.45) is -9.55. The van der Waals surface area contributed by atoms with Crippen LogP contribution in [-0.2, 0) is 19.1 Å². The fourth-order valence-electron chi connectivity index (χ4n) is 3.76. The SMILES string of the molecule is O=C(O)CC(=O)OC[C@H]1O[C@@H](Oc2cc3c(O)cc(O)cc3[o+]c2-c2ccc(O)c(O)c2)[C@H](O)[C@H](O)[C@@H]1O. The van der Waals surface area contributed by atoms with Gasteiger partial charge >= 0.3 is 23.3 Å². The predicted molar refractivity (Wildman–Crippen MR) is 123 cm³/mol. The van der Waals surface area contributed by atoms with Gasteiger partial charge in [0.15, 0.2) is 11.5 Å². The standard InChI is InChI=1S/C24H22O14/c25-10-4-13(27)11-6-16(23(36-15(11)5-10)9-1-2-12(26)14(28)3-9)37-24-22(34)21(33)20(32)17(38-24)8-35-19(31)7-18(29)30/h1-6,17,20-22,24,32-34H,7-8H2,(H4-,25,26,27,28,29,30)/p+1/t17-,20-,21-,22-,24-/m1/s1. The van der Waals surface area contributed by atoms with E-state index in [1.165, 1.54) is 18.2 Å². The summed E-state index contributed by atoms with van der Waals surface area (Å²) in [5, 5.41) is 79.6. The van der Waals surface area contributed by atoms with Gasteiger partial charge in [0.25, 0.3) is 0 Å². The average molecular weight is 535 g/mol. The van der Waals surface area contributed by atoms with Gasteiger partial charge in [0, 0.05) is 18.2 Å². The Bertz CT molecular complexity index is 1370. The summed E-state index contributed by atoms with van der Waals surface area (Å²) in [5.74, 6) is -4.59. The van der Waals surface area contributed by atoms with Crippen LogP contribution < -0.4 is 4.74 Å². The lowest BCUT2D eigenvalue weighted by molar-refractivity contribution is -0.278. The molecular weight excluding hydrogens is 512 g/mol. The molecule has 0 saturated carbocycles. The minimum atomic E-state index is -1.85. The summed E-state index contributed by atoms with van der Waals surface area (Å²) in [4.78, 5) is 22.2. The van der Waals surface area contributed by atoms with Crippen LogP contribution in [-0.4, -0.2) is 90.1 Å². The molecule has 0 bridgehead atoms. The number of aliphatic carboxylic acids is 1. The molecular formula is C24H23O14+. The topological polar surface area (TPSA) is 235 Å². The Kier molecular flexibility index (Phi) is 7.41. The summed E-state index contributed by atoms with van der Waals surface area (Å²) in [5.41, 5.74) is 0.131. The van der Waals surface area contributed by atoms with Gasteiger partial charge in [-0.3, -0.25) is 9.59 Å². The summed E-state index contributed by atoms with van der Waals surface area (Å²) in [7, 11) is 0. The molecule has 0 aliphatic carbocycles. The van der Waals surface area contributed by atoms with Crippen LogP contribution in [0.1, 0.15) is 6.42 Å². The van der Waals surface area contributed by atoms with E-state index in [9.17, 15) is 45.3 Å². The van der Waals surface area contributed by atoms with Gasteiger partial charge in [-0.05, 0) is 12.1 Å². The van der Waals surface area contributed by atoms with E-state index in [2.05, 4.69) is 0 Å². The summed E-state index contributed by atoms with van der Waals surface area (Å²) in [6, 6.07) is 7.09. The van der Waals surface area contributed by atoms with Crippen molar-refractivity contribution in [2.45, 2.75) is 37.1 Å². The van der Waals surface area contributed by atoms with Gasteiger partial charge < -0.3 is 55.1 Å². The predicted octanol–water partition coefficient (Wildman–Crippen LogP) is 0.408. The summed E-state index contributed by atoms with van der Waals surface area (Å²) < 4.78 is 21.8. The number of carbonyl (C=O) groups is 2. The lowest BCUT2D eigenvalue weighted by Crippen LogP contribution is -2.60. The van der Waals surface area contributed by atoms with Crippen molar-refractivity contribution >= 4 is 22.9 Å². The first-order valence-corrected chi connectivity index (χ1v) is 11.0. The maximum atomic E-state index is 11.6. The second-order valence-corrected chi connectivity index (χ2v) is 8.41. The Morgan fingerprint density at radius 3 is 2.32 bits per heavy atom. The number of aliphatic hydroxyl groups excluding tert-OH is 3. The number of carbonyl (C=O) groups excluding carboxylic acids is 1. The van der Waals surface area contributed by atoms with Crippen molar-refractivity contribution in [3.8, 4) is 40.1 Å². The minimum Gasteiger partial charge on any atom is -0.507 e. The highest BCUT2D eigenvalue weighted by molar-refractivity contribution is 5.90. The van der Waals surface area contributed by atoms with Gasteiger partial charge in [-0.25, -0.2) is 4.42 Å². The summed E-state index contributed by atoms with van der Waals surface area (Å²) in [6.45, 7) is -0.683. The normalized spacial score (nSPS) is 23.2. The number of ether oxygens (including phenoxy) is 3. The molecule has 0 amide bonds. The van der Waals surface area contributed by atoms with Crippen molar-refractivity contribution in [3.05, 3.63) is 36.4 Å². The molecule has 1 aliphatic heterocycles. The lowest BCUT2D eigenvalue weighted by atomic mass is 9.99. The summed E-state index contributed by atoms with van der Waals surface area (Å²) >= 11 is 0. The molecule has 4 rings (SSSR count). The number of carboxylic acids is 1. The minimum absolute atomic E-state index is 0.0128. The van der Waals surface area contributed by atoms with Crippen LogP contribution in [0.2, 0.25) is 0 Å². The molecule has 5 atom stereocenters. The number of benzene rings is 2. The van der Waals surface area contributed by atoms with E-state index in [0.29, 0.717) is 0 Å². The van der Waals surface area contributed by atoms with Gasteiger partial charge in [0.1, 0.15) is 54.3 Å². The van der Waals surface area contributed by atoms with Gasteiger partial charge in [0.05, 0.1) is 11.6 Å². The molecule has 3 aromatic rings. The van der Waals surface area contributed by atoms with E-state index in [1.807, 2.05) is 0 Å². The molecule has 1 aliphatic rings. The zero-order valence-corrected chi connectivity index (χ0v) is 19.3. The van der Waals surface area contributed by atoms with Crippen LogP contribution in [0.15, 0.2) is 40.8 Å². The fourth-order valence-corrected chi connectivity index (χ4v) is 3.76. The molecule has 8 N–H and O–H groups in total.